The van der Waals surface area contributed by atoms with Crippen molar-refractivity contribution >= 4 is 28.6 Å². The molecule has 0 radical (unpaired) electrons. The molecule has 2 aromatic heterocycles. The average molecular weight is 375 g/mol. The minimum Gasteiger partial charge on any atom is -0.343 e. The molecule has 2 heterocycles. The van der Waals surface area contributed by atoms with Crippen molar-refractivity contribution in [1.82, 2.24) is 10.2 Å². The van der Waals surface area contributed by atoms with Crippen LogP contribution in [0.2, 0.25) is 0 Å². The zero-order chi connectivity index (χ0) is 17.6. The van der Waals surface area contributed by atoms with Crippen molar-refractivity contribution in [3.63, 3.8) is 0 Å². The Bertz CT molecular complexity index is 785. The number of hydrogen-bond donors (Lipinski definition) is 1. The summed E-state index contributed by atoms with van der Waals surface area (Å²) in [6.07, 6.45) is 0. The first-order valence-electron chi connectivity index (χ1n) is 7.89. The molecule has 0 unspecified atom stereocenters. The number of nitrogens with zero attached hydrogens (tertiary/aromatic N) is 1. The Hall–Kier alpha value is -2.02. The van der Waals surface area contributed by atoms with Gasteiger partial charge >= 0.3 is 0 Å². The minimum atomic E-state index is -0.282. The molecule has 130 valence electrons. The highest BCUT2D eigenvalue weighted by molar-refractivity contribution is 7.10. The summed E-state index contributed by atoms with van der Waals surface area (Å²) in [4.78, 5) is 15.5. The second kappa shape index (κ2) is 8.38. The summed E-state index contributed by atoms with van der Waals surface area (Å²) in [5.41, 5.74) is 2.08. The second-order valence-corrected chi connectivity index (χ2v) is 7.63. The molecule has 0 saturated carbocycles. The SMILES string of the molecule is CN(CC(=O)N[C@H](c1ccc(F)cc1)c1cccs1)Cc1ccsc1. The van der Waals surface area contributed by atoms with Crippen LogP contribution in [0.5, 0.6) is 0 Å². The Morgan fingerprint density at radius 1 is 1.20 bits per heavy atom. The molecular formula is C19H19FN2OS2. The molecule has 0 fully saturated rings. The van der Waals surface area contributed by atoms with E-state index < -0.39 is 0 Å². The fourth-order valence-corrected chi connectivity index (χ4v) is 4.09. The van der Waals surface area contributed by atoms with Crippen LogP contribution >= 0.6 is 22.7 Å². The zero-order valence-electron chi connectivity index (χ0n) is 13.8. The van der Waals surface area contributed by atoms with Gasteiger partial charge in [-0.1, -0.05) is 18.2 Å². The number of hydrogen-bond acceptors (Lipinski definition) is 4. The van der Waals surface area contributed by atoms with Gasteiger partial charge in [0.15, 0.2) is 0 Å². The smallest absolute Gasteiger partial charge is 0.234 e. The van der Waals surface area contributed by atoms with Crippen LogP contribution in [0.15, 0.2) is 58.6 Å². The van der Waals surface area contributed by atoms with Gasteiger partial charge in [-0.3, -0.25) is 9.69 Å². The summed E-state index contributed by atoms with van der Waals surface area (Å²) in [6.45, 7) is 1.04. The van der Waals surface area contributed by atoms with Crippen molar-refractivity contribution in [2.75, 3.05) is 13.6 Å². The van der Waals surface area contributed by atoms with E-state index in [2.05, 4.69) is 16.8 Å². The number of halogens is 1. The Morgan fingerprint density at radius 3 is 2.64 bits per heavy atom. The van der Waals surface area contributed by atoms with E-state index in [0.717, 1.165) is 17.0 Å². The van der Waals surface area contributed by atoms with Gasteiger partial charge in [0.25, 0.3) is 0 Å². The van der Waals surface area contributed by atoms with Gasteiger partial charge in [0.2, 0.25) is 5.91 Å². The molecule has 3 aromatic rings. The fraction of sp³-hybridized carbons (Fsp3) is 0.211. The van der Waals surface area contributed by atoms with Crippen LogP contribution in [-0.2, 0) is 11.3 Å². The second-order valence-electron chi connectivity index (χ2n) is 5.87. The molecule has 6 heteroatoms. The van der Waals surface area contributed by atoms with E-state index in [1.807, 2.05) is 34.8 Å². The molecule has 0 aliphatic rings. The molecule has 3 nitrogen and oxygen atoms in total. The largest absolute Gasteiger partial charge is 0.343 e. The van der Waals surface area contributed by atoms with E-state index in [-0.39, 0.29) is 17.8 Å². The van der Waals surface area contributed by atoms with Gasteiger partial charge in [-0.15, -0.1) is 11.3 Å². The lowest BCUT2D eigenvalue weighted by molar-refractivity contribution is -0.122. The van der Waals surface area contributed by atoms with E-state index in [1.54, 1.807) is 34.8 Å². The first-order valence-corrected chi connectivity index (χ1v) is 9.72. The van der Waals surface area contributed by atoms with E-state index >= 15 is 0 Å². The third-order valence-electron chi connectivity index (χ3n) is 3.78. The van der Waals surface area contributed by atoms with Gasteiger partial charge in [0, 0.05) is 11.4 Å². The first kappa shape index (κ1) is 17.8. The summed E-state index contributed by atoms with van der Waals surface area (Å²) >= 11 is 3.23. The molecule has 1 amide bonds. The molecule has 1 N–H and O–H groups in total. The molecule has 1 atom stereocenters. The molecule has 0 aliphatic heterocycles. The van der Waals surface area contributed by atoms with E-state index in [4.69, 9.17) is 0 Å². The van der Waals surface area contributed by atoms with Gasteiger partial charge in [0.1, 0.15) is 5.82 Å². The van der Waals surface area contributed by atoms with Crippen LogP contribution in [0.25, 0.3) is 0 Å². The molecular weight excluding hydrogens is 355 g/mol. The Kier molecular flexibility index (Phi) is 5.96. The summed E-state index contributed by atoms with van der Waals surface area (Å²) in [7, 11) is 1.93. The highest BCUT2D eigenvalue weighted by Gasteiger charge is 2.19. The van der Waals surface area contributed by atoms with Crippen molar-refractivity contribution in [2.45, 2.75) is 12.6 Å². The number of nitrogens with one attached hydrogen (secondary N) is 1. The van der Waals surface area contributed by atoms with Crippen molar-refractivity contribution in [3.8, 4) is 0 Å². The standard InChI is InChI=1S/C19H19FN2OS2/c1-22(11-14-8-10-24-13-14)12-18(23)21-19(17-3-2-9-25-17)15-4-6-16(20)7-5-15/h2-10,13,19H,11-12H2,1H3,(H,21,23)/t19-/m1/s1. The van der Waals surface area contributed by atoms with Crippen molar-refractivity contribution in [1.29, 1.82) is 0 Å². The van der Waals surface area contributed by atoms with Gasteiger partial charge in [-0.2, -0.15) is 11.3 Å². The summed E-state index contributed by atoms with van der Waals surface area (Å²) in [6, 6.07) is 12.0. The maximum absolute atomic E-state index is 13.2. The fourth-order valence-electron chi connectivity index (χ4n) is 2.63. The highest BCUT2D eigenvalue weighted by Crippen LogP contribution is 2.26. The van der Waals surface area contributed by atoms with Crippen LogP contribution in [0.3, 0.4) is 0 Å². The molecule has 25 heavy (non-hydrogen) atoms. The molecule has 0 spiro atoms. The first-order chi connectivity index (χ1) is 12.1. The monoisotopic (exact) mass is 374 g/mol. The number of amides is 1. The minimum absolute atomic E-state index is 0.0551. The lowest BCUT2D eigenvalue weighted by Gasteiger charge is -2.21. The number of carbonyl (C=O) groups excluding carboxylic acids is 1. The average Bonchev–Trinajstić information content (AvgIpc) is 3.27. The van der Waals surface area contributed by atoms with Crippen LogP contribution < -0.4 is 5.32 Å². The Balaban J connectivity index is 1.67. The summed E-state index contributed by atoms with van der Waals surface area (Å²) < 4.78 is 13.2. The number of carbonyl (C=O) groups is 1. The molecule has 3 rings (SSSR count). The number of likely N-dealkylation sites (N-methyl/N-ethyl adjacent to an activating group) is 1. The highest BCUT2D eigenvalue weighted by atomic mass is 32.1. The molecule has 1 aromatic carbocycles. The quantitative estimate of drug-likeness (QED) is 0.669. The van der Waals surface area contributed by atoms with Crippen LogP contribution in [0.4, 0.5) is 4.39 Å². The lowest BCUT2D eigenvalue weighted by atomic mass is 10.1. The normalized spacial score (nSPS) is 12.3. The lowest BCUT2D eigenvalue weighted by Crippen LogP contribution is -2.37. The molecule has 0 bridgehead atoms. The summed E-state index contributed by atoms with van der Waals surface area (Å²) in [5, 5.41) is 9.17. The van der Waals surface area contributed by atoms with Crippen molar-refractivity contribution in [2.24, 2.45) is 0 Å². The Labute approximate surface area is 154 Å². The van der Waals surface area contributed by atoms with Gasteiger partial charge in [-0.25, -0.2) is 4.39 Å². The van der Waals surface area contributed by atoms with Gasteiger partial charge in [-0.05, 0) is 58.6 Å². The van der Waals surface area contributed by atoms with E-state index in [0.29, 0.717) is 6.54 Å². The van der Waals surface area contributed by atoms with E-state index in [1.165, 1.54) is 17.7 Å². The third-order valence-corrected chi connectivity index (χ3v) is 5.45. The maximum atomic E-state index is 13.2. The number of thiophene rings is 2. The van der Waals surface area contributed by atoms with Gasteiger partial charge in [0.05, 0.1) is 12.6 Å². The maximum Gasteiger partial charge on any atom is 0.234 e. The number of rotatable bonds is 7. The van der Waals surface area contributed by atoms with Crippen LogP contribution in [-0.4, -0.2) is 24.4 Å². The summed E-state index contributed by atoms with van der Waals surface area (Å²) in [5.74, 6) is -0.337. The predicted molar refractivity (Wildman–Crippen MR) is 101 cm³/mol. The third kappa shape index (κ3) is 4.98. The Morgan fingerprint density at radius 2 is 2.00 bits per heavy atom. The topological polar surface area (TPSA) is 32.3 Å². The zero-order valence-corrected chi connectivity index (χ0v) is 15.4. The molecule has 0 saturated heterocycles. The van der Waals surface area contributed by atoms with Crippen molar-refractivity contribution in [3.05, 3.63) is 80.4 Å². The van der Waals surface area contributed by atoms with Gasteiger partial charge < -0.3 is 5.32 Å². The predicted octanol–water partition coefficient (Wildman–Crippen LogP) is 4.29. The number of benzene rings is 1. The van der Waals surface area contributed by atoms with Crippen molar-refractivity contribution < 1.29 is 9.18 Å². The van der Waals surface area contributed by atoms with E-state index in [9.17, 15) is 9.18 Å². The van der Waals surface area contributed by atoms with Crippen LogP contribution in [0.1, 0.15) is 22.0 Å². The van der Waals surface area contributed by atoms with Crippen LogP contribution in [0, 0.1) is 5.82 Å². The molecule has 0 aliphatic carbocycles.